The number of ether oxygens (including phenoxy) is 1. The van der Waals surface area contributed by atoms with Crippen LogP contribution in [0.2, 0.25) is 0 Å². The lowest BCUT2D eigenvalue weighted by molar-refractivity contribution is 0.233. The standard InChI is InChI=1S/C13H15BrFN7O5S/c1-28(24,25)22-13(16)17-4-5-26-12-10(20-27-21-12)11(19-23)18-7-2-3-9(15)8(14)6-7/h2-3,6,23H,4-5H2,1H3,(H,18,19)(H3,16,17,22). The van der Waals surface area contributed by atoms with E-state index in [1.165, 1.54) is 18.2 Å². The summed E-state index contributed by atoms with van der Waals surface area (Å²) in [4.78, 5) is 7.82. The lowest BCUT2D eigenvalue weighted by atomic mass is 10.3. The van der Waals surface area contributed by atoms with Crippen molar-refractivity contribution in [2.45, 2.75) is 0 Å². The fourth-order valence-corrected chi connectivity index (χ4v) is 2.58. The average Bonchev–Trinajstić information content (AvgIpc) is 3.06. The van der Waals surface area contributed by atoms with E-state index in [4.69, 9.17) is 10.5 Å². The largest absolute Gasteiger partial charge is 0.472 e. The number of hydroxylamine groups is 1. The van der Waals surface area contributed by atoms with Crippen LogP contribution in [0.1, 0.15) is 5.69 Å². The zero-order chi connectivity index (χ0) is 20.7. The molecule has 0 bridgehead atoms. The quantitative estimate of drug-likeness (QED) is 0.187. The molecule has 1 aromatic carbocycles. The van der Waals surface area contributed by atoms with Crippen LogP contribution in [0.4, 0.5) is 10.1 Å². The van der Waals surface area contributed by atoms with Gasteiger partial charge in [0.2, 0.25) is 21.7 Å². The summed E-state index contributed by atoms with van der Waals surface area (Å²) in [7, 11) is -3.52. The Bertz CT molecular complexity index is 995. The van der Waals surface area contributed by atoms with Gasteiger partial charge in [-0.1, -0.05) is 0 Å². The summed E-state index contributed by atoms with van der Waals surface area (Å²) in [6.45, 7) is -0.0707. The second-order valence-electron chi connectivity index (χ2n) is 5.08. The van der Waals surface area contributed by atoms with Crippen molar-refractivity contribution in [1.29, 1.82) is 0 Å². The number of sulfonamides is 1. The molecule has 0 unspecified atom stereocenters. The Hall–Kier alpha value is -2.78. The minimum absolute atomic E-state index is 0.00933. The van der Waals surface area contributed by atoms with E-state index in [2.05, 4.69) is 40.9 Å². The number of aliphatic imine (C=N–C) groups is 2. The number of hydrogen-bond donors (Lipinski definition) is 4. The van der Waals surface area contributed by atoms with Crippen molar-refractivity contribution >= 4 is 43.4 Å². The minimum atomic E-state index is -3.52. The number of amidine groups is 1. The third kappa shape index (κ3) is 6.43. The molecule has 0 fully saturated rings. The number of benzene rings is 1. The molecule has 1 heterocycles. The van der Waals surface area contributed by atoms with Gasteiger partial charge in [-0.05, 0) is 44.4 Å². The van der Waals surface area contributed by atoms with Gasteiger partial charge < -0.3 is 10.5 Å². The molecule has 0 amide bonds. The highest BCUT2D eigenvalue weighted by atomic mass is 79.9. The van der Waals surface area contributed by atoms with Gasteiger partial charge in [-0.2, -0.15) is 0 Å². The summed E-state index contributed by atoms with van der Waals surface area (Å²) >= 11 is 3.03. The number of guanidine groups is 1. The highest BCUT2D eigenvalue weighted by Gasteiger charge is 2.18. The van der Waals surface area contributed by atoms with Crippen LogP contribution in [0.5, 0.6) is 5.88 Å². The highest BCUT2D eigenvalue weighted by molar-refractivity contribution is 9.10. The molecule has 1 aromatic heterocycles. The maximum atomic E-state index is 13.3. The molecule has 0 radical (unpaired) electrons. The highest BCUT2D eigenvalue weighted by Crippen LogP contribution is 2.23. The zero-order valence-electron chi connectivity index (χ0n) is 14.3. The summed E-state index contributed by atoms with van der Waals surface area (Å²) in [5.41, 5.74) is 7.46. The van der Waals surface area contributed by atoms with E-state index in [0.717, 1.165) is 6.26 Å². The van der Waals surface area contributed by atoms with Crippen LogP contribution in [-0.4, -0.2) is 55.1 Å². The summed E-state index contributed by atoms with van der Waals surface area (Å²) < 4.78 is 47.4. The first kappa shape index (κ1) is 21.5. The first-order valence-electron chi connectivity index (χ1n) is 7.37. The fourth-order valence-electron chi connectivity index (χ4n) is 1.77. The van der Waals surface area contributed by atoms with Crippen LogP contribution in [0.15, 0.2) is 37.3 Å². The lowest BCUT2D eigenvalue weighted by Crippen LogP contribution is -2.36. The van der Waals surface area contributed by atoms with E-state index >= 15 is 0 Å². The Morgan fingerprint density at radius 1 is 1.46 bits per heavy atom. The molecule has 0 aliphatic carbocycles. The van der Waals surface area contributed by atoms with Crippen LogP contribution in [0.3, 0.4) is 0 Å². The van der Waals surface area contributed by atoms with Crippen molar-refractivity contribution in [3.8, 4) is 5.88 Å². The number of nitrogens with two attached hydrogens (primary N) is 1. The van der Waals surface area contributed by atoms with Gasteiger partial charge in [-0.3, -0.25) is 15.4 Å². The molecule has 12 nitrogen and oxygen atoms in total. The Labute approximate surface area is 166 Å². The Morgan fingerprint density at radius 3 is 2.86 bits per heavy atom. The van der Waals surface area contributed by atoms with E-state index in [9.17, 15) is 18.0 Å². The molecular weight excluding hydrogens is 465 g/mol. The van der Waals surface area contributed by atoms with Gasteiger partial charge in [0, 0.05) is 0 Å². The smallest absolute Gasteiger partial charge is 0.287 e. The lowest BCUT2D eigenvalue weighted by Gasteiger charge is -2.05. The first-order chi connectivity index (χ1) is 13.2. The average molecular weight is 480 g/mol. The van der Waals surface area contributed by atoms with Crippen molar-refractivity contribution < 1.29 is 27.4 Å². The van der Waals surface area contributed by atoms with E-state index < -0.39 is 15.8 Å². The molecule has 0 aliphatic rings. The van der Waals surface area contributed by atoms with Crippen LogP contribution < -0.4 is 20.7 Å². The van der Waals surface area contributed by atoms with Gasteiger partial charge >= 0.3 is 0 Å². The molecule has 28 heavy (non-hydrogen) atoms. The Balaban J connectivity index is 2.07. The molecule has 0 aliphatic heterocycles. The van der Waals surface area contributed by atoms with Crippen molar-refractivity contribution in [1.82, 2.24) is 20.5 Å². The topological polar surface area (TPSA) is 177 Å². The Kier molecular flexibility index (Phi) is 7.24. The second kappa shape index (κ2) is 9.43. The molecule has 2 aromatic rings. The SMILES string of the molecule is CS(=O)(=O)NC(N)=NCCOc1nonc1C(=Nc1ccc(F)c(Br)c1)NO. The van der Waals surface area contributed by atoms with Gasteiger partial charge in [-0.25, -0.2) is 27.4 Å². The first-order valence-corrected chi connectivity index (χ1v) is 10.1. The summed E-state index contributed by atoms with van der Waals surface area (Å²) in [5.74, 6) is -1.07. The molecular formula is C13H15BrFN7O5S. The maximum absolute atomic E-state index is 13.3. The number of hydrogen-bond acceptors (Lipinski definition) is 9. The van der Waals surface area contributed by atoms with Crippen LogP contribution in [0, 0.1) is 5.82 Å². The van der Waals surface area contributed by atoms with Gasteiger partial charge in [0.15, 0.2) is 5.84 Å². The van der Waals surface area contributed by atoms with Crippen molar-refractivity contribution in [2.24, 2.45) is 15.7 Å². The fraction of sp³-hybridized carbons (Fsp3) is 0.231. The van der Waals surface area contributed by atoms with E-state index in [1.807, 2.05) is 10.2 Å². The number of nitrogens with one attached hydrogen (secondary N) is 2. The van der Waals surface area contributed by atoms with Crippen molar-refractivity contribution in [3.63, 3.8) is 0 Å². The van der Waals surface area contributed by atoms with E-state index in [-0.39, 0.29) is 41.0 Å². The third-order valence-corrected chi connectivity index (χ3v) is 4.02. The molecule has 0 spiro atoms. The number of rotatable bonds is 7. The molecule has 0 atom stereocenters. The molecule has 15 heteroatoms. The monoisotopic (exact) mass is 479 g/mol. The number of aromatic nitrogens is 2. The summed E-state index contributed by atoms with van der Waals surface area (Å²) in [5, 5.41) is 16.4. The van der Waals surface area contributed by atoms with E-state index in [1.54, 1.807) is 0 Å². The third-order valence-electron chi connectivity index (χ3n) is 2.83. The number of halogens is 2. The molecule has 5 N–H and O–H groups in total. The van der Waals surface area contributed by atoms with Gasteiger partial charge in [0.1, 0.15) is 12.4 Å². The summed E-state index contributed by atoms with van der Waals surface area (Å²) in [6, 6.07) is 3.94. The van der Waals surface area contributed by atoms with Crippen LogP contribution in [-0.2, 0) is 10.0 Å². The van der Waals surface area contributed by atoms with E-state index in [0.29, 0.717) is 5.69 Å². The predicted molar refractivity (Wildman–Crippen MR) is 99.5 cm³/mol. The number of nitrogens with zero attached hydrogens (tertiary/aromatic N) is 4. The maximum Gasteiger partial charge on any atom is 0.287 e. The van der Waals surface area contributed by atoms with Crippen LogP contribution in [0.25, 0.3) is 0 Å². The Morgan fingerprint density at radius 2 is 2.21 bits per heavy atom. The minimum Gasteiger partial charge on any atom is -0.472 e. The zero-order valence-corrected chi connectivity index (χ0v) is 16.7. The molecule has 152 valence electrons. The van der Waals surface area contributed by atoms with Crippen molar-refractivity contribution in [3.05, 3.63) is 34.2 Å². The van der Waals surface area contributed by atoms with Crippen LogP contribution >= 0.6 is 15.9 Å². The summed E-state index contributed by atoms with van der Waals surface area (Å²) in [6.07, 6.45) is 0.932. The molecule has 0 saturated heterocycles. The van der Waals surface area contributed by atoms with Gasteiger partial charge in [0.05, 0.1) is 23.0 Å². The van der Waals surface area contributed by atoms with Gasteiger partial charge in [-0.15, -0.1) is 0 Å². The normalized spacial score (nSPS) is 12.7. The molecule has 2 rings (SSSR count). The second-order valence-corrected chi connectivity index (χ2v) is 7.68. The van der Waals surface area contributed by atoms with Gasteiger partial charge in [0.25, 0.3) is 5.88 Å². The predicted octanol–water partition coefficient (Wildman–Crippen LogP) is 0.271. The molecule has 0 saturated carbocycles. The van der Waals surface area contributed by atoms with Crippen molar-refractivity contribution in [2.75, 3.05) is 19.4 Å².